The molecule has 0 unspecified atom stereocenters. The van der Waals surface area contributed by atoms with Crippen LogP contribution in [0.2, 0.25) is 0 Å². The molecule has 5 nitrogen and oxygen atoms in total. The smallest absolute Gasteiger partial charge is 0.189 e. The fourth-order valence-electron chi connectivity index (χ4n) is 2.54. The van der Waals surface area contributed by atoms with Gasteiger partial charge in [-0.1, -0.05) is 24.3 Å². The molecule has 22 heavy (non-hydrogen) atoms. The van der Waals surface area contributed by atoms with Crippen LogP contribution in [0.5, 0.6) is 0 Å². The molecule has 0 saturated carbocycles. The SMILES string of the molecule is CCN1CCN(Cc2ccc(Nc3ncc(I)s3)nc2)CC1. The Hall–Kier alpha value is -0.770. The quantitative estimate of drug-likeness (QED) is 0.741. The fourth-order valence-corrected chi connectivity index (χ4v) is 3.85. The lowest BCUT2D eigenvalue weighted by Gasteiger charge is -2.33. The van der Waals surface area contributed by atoms with E-state index in [-0.39, 0.29) is 0 Å². The van der Waals surface area contributed by atoms with Crippen LogP contribution in [0, 0.1) is 2.88 Å². The van der Waals surface area contributed by atoms with Crippen molar-refractivity contribution in [3.8, 4) is 0 Å². The lowest BCUT2D eigenvalue weighted by Crippen LogP contribution is -2.45. The third-order valence-corrected chi connectivity index (χ3v) is 5.50. The number of halogens is 1. The van der Waals surface area contributed by atoms with Gasteiger partial charge >= 0.3 is 0 Å². The summed E-state index contributed by atoms with van der Waals surface area (Å²) in [5.74, 6) is 0.852. The molecule has 1 aliphatic heterocycles. The van der Waals surface area contributed by atoms with Crippen LogP contribution in [0.25, 0.3) is 0 Å². The van der Waals surface area contributed by atoms with Crippen LogP contribution >= 0.6 is 33.9 Å². The van der Waals surface area contributed by atoms with Crippen molar-refractivity contribution >= 4 is 44.9 Å². The summed E-state index contributed by atoms with van der Waals surface area (Å²) >= 11 is 3.90. The first-order valence-corrected chi connectivity index (χ1v) is 9.40. The number of hydrogen-bond donors (Lipinski definition) is 1. The number of anilines is 2. The van der Waals surface area contributed by atoms with Crippen molar-refractivity contribution in [3.05, 3.63) is 33.0 Å². The summed E-state index contributed by atoms with van der Waals surface area (Å²) in [7, 11) is 0. The summed E-state index contributed by atoms with van der Waals surface area (Å²) in [6, 6.07) is 4.19. The van der Waals surface area contributed by atoms with E-state index in [0.717, 1.165) is 37.1 Å². The fraction of sp³-hybridized carbons (Fsp3) is 0.467. The normalized spacial score (nSPS) is 16.8. The van der Waals surface area contributed by atoms with Crippen molar-refractivity contribution in [3.63, 3.8) is 0 Å². The number of nitrogens with one attached hydrogen (secondary N) is 1. The molecule has 0 bridgehead atoms. The zero-order chi connectivity index (χ0) is 15.4. The monoisotopic (exact) mass is 429 g/mol. The van der Waals surface area contributed by atoms with Crippen LogP contribution < -0.4 is 5.32 Å². The van der Waals surface area contributed by atoms with E-state index < -0.39 is 0 Å². The van der Waals surface area contributed by atoms with E-state index in [9.17, 15) is 0 Å². The summed E-state index contributed by atoms with van der Waals surface area (Å²) in [6.45, 7) is 9.01. The Bertz CT molecular complexity index is 592. The van der Waals surface area contributed by atoms with Gasteiger partial charge in [-0.25, -0.2) is 9.97 Å². The van der Waals surface area contributed by atoms with E-state index in [1.165, 1.54) is 21.5 Å². The molecule has 0 amide bonds. The van der Waals surface area contributed by atoms with Crippen LogP contribution in [0.4, 0.5) is 10.9 Å². The van der Waals surface area contributed by atoms with Gasteiger partial charge in [-0.15, -0.1) is 0 Å². The molecule has 1 saturated heterocycles. The third kappa shape index (κ3) is 4.37. The number of likely N-dealkylation sites (N-methyl/N-ethyl adjacent to an activating group) is 1. The Kier molecular flexibility index (Phi) is 5.61. The molecule has 0 atom stereocenters. The highest BCUT2D eigenvalue weighted by atomic mass is 127. The van der Waals surface area contributed by atoms with Crippen LogP contribution in [0.3, 0.4) is 0 Å². The van der Waals surface area contributed by atoms with Crippen LogP contribution in [-0.4, -0.2) is 52.5 Å². The Morgan fingerprint density at radius 2 is 1.91 bits per heavy atom. The zero-order valence-electron chi connectivity index (χ0n) is 12.6. The molecule has 3 rings (SSSR count). The average molecular weight is 429 g/mol. The van der Waals surface area contributed by atoms with Crippen molar-refractivity contribution in [2.45, 2.75) is 13.5 Å². The Balaban J connectivity index is 1.53. The highest BCUT2D eigenvalue weighted by molar-refractivity contribution is 14.1. The minimum Gasteiger partial charge on any atom is -0.316 e. The van der Waals surface area contributed by atoms with Gasteiger partial charge < -0.3 is 10.2 Å². The van der Waals surface area contributed by atoms with Crippen molar-refractivity contribution in [2.75, 3.05) is 38.0 Å². The molecule has 2 aromatic rings. The Morgan fingerprint density at radius 3 is 2.50 bits per heavy atom. The molecule has 7 heteroatoms. The van der Waals surface area contributed by atoms with Gasteiger partial charge in [0.05, 0.1) is 9.08 Å². The van der Waals surface area contributed by atoms with E-state index in [1.54, 1.807) is 11.3 Å². The largest absolute Gasteiger partial charge is 0.316 e. The maximum atomic E-state index is 4.50. The number of nitrogens with zero attached hydrogens (tertiary/aromatic N) is 4. The third-order valence-electron chi connectivity index (χ3n) is 3.86. The molecule has 1 aliphatic rings. The van der Waals surface area contributed by atoms with Gasteiger partial charge in [-0.3, -0.25) is 4.90 Å². The molecule has 0 aromatic carbocycles. The maximum absolute atomic E-state index is 4.50. The standard InChI is InChI=1S/C15H20IN5S/c1-2-20-5-7-21(8-6-20)11-12-3-4-14(17-9-12)19-15-18-10-13(16)22-15/h3-4,9-10H,2,5-8,11H2,1H3,(H,17,18,19). The van der Waals surface area contributed by atoms with Gasteiger partial charge in [0.1, 0.15) is 5.82 Å². The lowest BCUT2D eigenvalue weighted by molar-refractivity contribution is 0.132. The summed E-state index contributed by atoms with van der Waals surface area (Å²) in [5.41, 5.74) is 1.27. The number of hydrogen-bond acceptors (Lipinski definition) is 6. The molecular weight excluding hydrogens is 409 g/mol. The first kappa shape index (κ1) is 16.1. The van der Waals surface area contributed by atoms with Crippen molar-refractivity contribution in [2.24, 2.45) is 0 Å². The molecule has 1 fully saturated rings. The summed E-state index contributed by atoms with van der Waals surface area (Å²) in [4.78, 5) is 13.8. The number of pyridine rings is 1. The minimum absolute atomic E-state index is 0.852. The van der Waals surface area contributed by atoms with Gasteiger partial charge in [-0.05, 0) is 40.8 Å². The predicted octanol–water partition coefficient (Wildman–Crippen LogP) is 3.02. The molecule has 3 heterocycles. The van der Waals surface area contributed by atoms with E-state index in [2.05, 4.69) is 60.7 Å². The number of piperazine rings is 1. The Morgan fingerprint density at radius 1 is 1.14 bits per heavy atom. The van der Waals surface area contributed by atoms with Gasteiger partial charge in [0, 0.05) is 38.9 Å². The summed E-state index contributed by atoms with van der Waals surface area (Å²) < 4.78 is 1.17. The van der Waals surface area contributed by atoms with Gasteiger partial charge in [0.25, 0.3) is 0 Å². The lowest BCUT2D eigenvalue weighted by atomic mass is 10.2. The average Bonchev–Trinajstić information content (AvgIpc) is 2.95. The number of thiazole rings is 1. The zero-order valence-corrected chi connectivity index (χ0v) is 15.6. The van der Waals surface area contributed by atoms with Gasteiger partial charge in [-0.2, -0.15) is 0 Å². The molecule has 0 aliphatic carbocycles. The van der Waals surface area contributed by atoms with Crippen molar-refractivity contribution < 1.29 is 0 Å². The van der Waals surface area contributed by atoms with Crippen LogP contribution in [0.1, 0.15) is 12.5 Å². The number of rotatable bonds is 5. The highest BCUT2D eigenvalue weighted by Crippen LogP contribution is 2.22. The second kappa shape index (κ2) is 7.67. The minimum atomic E-state index is 0.852. The van der Waals surface area contributed by atoms with Gasteiger partial charge in [0.15, 0.2) is 5.13 Å². The molecule has 1 N–H and O–H groups in total. The molecule has 0 radical (unpaired) electrons. The summed E-state index contributed by atoms with van der Waals surface area (Å²) in [5, 5.41) is 4.13. The van der Waals surface area contributed by atoms with Crippen molar-refractivity contribution in [1.82, 2.24) is 19.8 Å². The Labute approximate surface area is 148 Å². The van der Waals surface area contributed by atoms with Crippen molar-refractivity contribution in [1.29, 1.82) is 0 Å². The summed E-state index contributed by atoms with van der Waals surface area (Å²) in [6.07, 6.45) is 3.82. The highest BCUT2D eigenvalue weighted by Gasteiger charge is 2.15. The molecule has 118 valence electrons. The van der Waals surface area contributed by atoms with Gasteiger partial charge in [0.2, 0.25) is 0 Å². The van der Waals surface area contributed by atoms with E-state index in [4.69, 9.17) is 0 Å². The topological polar surface area (TPSA) is 44.3 Å². The van der Waals surface area contributed by atoms with E-state index in [1.807, 2.05) is 18.5 Å². The number of aromatic nitrogens is 2. The maximum Gasteiger partial charge on any atom is 0.189 e. The second-order valence-electron chi connectivity index (χ2n) is 5.36. The van der Waals surface area contributed by atoms with E-state index in [0.29, 0.717) is 0 Å². The molecule has 0 spiro atoms. The van der Waals surface area contributed by atoms with Crippen LogP contribution in [-0.2, 0) is 6.54 Å². The predicted molar refractivity (Wildman–Crippen MR) is 99.7 cm³/mol. The second-order valence-corrected chi connectivity index (χ2v) is 8.28. The van der Waals surface area contributed by atoms with Crippen LogP contribution in [0.15, 0.2) is 24.5 Å². The van der Waals surface area contributed by atoms with E-state index >= 15 is 0 Å². The first-order chi connectivity index (χ1) is 10.7. The molecular formula is C15H20IN5S. The molecule has 2 aromatic heterocycles. The first-order valence-electron chi connectivity index (χ1n) is 7.51.